The van der Waals surface area contributed by atoms with E-state index in [1.165, 1.54) is 0 Å². The van der Waals surface area contributed by atoms with E-state index >= 15 is 0 Å². The molecular formula is C13H23NO3. The maximum atomic E-state index is 12.3. The van der Waals surface area contributed by atoms with Gasteiger partial charge in [-0.25, -0.2) is 0 Å². The second kappa shape index (κ2) is 5.36. The van der Waals surface area contributed by atoms with Gasteiger partial charge in [-0.05, 0) is 25.2 Å². The van der Waals surface area contributed by atoms with E-state index in [4.69, 9.17) is 4.74 Å². The van der Waals surface area contributed by atoms with E-state index in [9.17, 15) is 9.90 Å². The predicted octanol–water partition coefficient (Wildman–Crippen LogP) is 1.03. The first-order valence-corrected chi connectivity index (χ1v) is 6.72. The predicted molar refractivity (Wildman–Crippen MR) is 64.5 cm³/mol. The van der Waals surface area contributed by atoms with Gasteiger partial charge in [0.25, 0.3) is 5.91 Å². The molecule has 0 saturated carbocycles. The number of aliphatic hydroxyl groups is 1. The Labute approximate surface area is 103 Å². The van der Waals surface area contributed by atoms with Gasteiger partial charge in [-0.1, -0.05) is 13.8 Å². The smallest absolute Gasteiger partial charge is 0.251 e. The van der Waals surface area contributed by atoms with Crippen molar-refractivity contribution in [1.29, 1.82) is 0 Å². The number of ether oxygens (including phenoxy) is 1. The van der Waals surface area contributed by atoms with E-state index in [-0.39, 0.29) is 24.0 Å². The fraction of sp³-hybridized carbons (Fsp3) is 0.923. The number of hydrogen-bond donors (Lipinski definition) is 1. The highest BCUT2D eigenvalue weighted by molar-refractivity contribution is 5.81. The summed E-state index contributed by atoms with van der Waals surface area (Å²) in [5.41, 5.74) is 0. The van der Waals surface area contributed by atoms with Crippen molar-refractivity contribution in [2.24, 2.45) is 11.8 Å². The summed E-state index contributed by atoms with van der Waals surface area (Å²) in [6.45, 7) is 6.19. The molecule has 17 heavy (non-hydrogen) atoms. The molecule has 0 aliphatic carbocycles. The summed E-state index contributed by atoms with van der Waals surface area (Å²) in [6, 6.07) is 0. The van der Waals surface area contributed by atoms with Crippen LogP contribution in [-0.2, 0) is 9.53 Å². The molecular weight excluding hydrogens is 218 g/mol. The summed E-state index contributed by atoms with van der Waals surface area (Å²) in [4.78, 5) is 14.2. The lowest BCUT2D eigenvalue weighted by Crippen LogP contribution is -2.50. The van der Waals surface area contributed by atoms with Gasteiger partial charge < -0.3 is 14.7 Å². The third kappa shape index (κ3) is 2.63. The minimum atomic E-state index is -0.247. The molecule has 4 nitrogen and oxygen atoms in total. The van der Waals surface area contributed by atoms with Gasteiger partial charge in [0.2, 0.25) is 0 Å². The zero-order valence-corrected chi connectivity index (χ0v) is 10.8. The molecule has 2 aliphatic heterocycles. The van der Waals surface area contributed by atoms with Crippen molar-refractivity contribution in [3.63, 3.8) is 0 Å². The summed E-state index contributed by atoms with van der Waals surface area (Å²) in [5.74, 6) is 0.680. The number of piperidine rings is 1. The zero-order valence-electron chi connectivity index (χ0n) is 10.8. The van der Waals surface area contributed by atoms with E-state index in [0.29, 0.717) is 32.0 Å². The number of likely N-dealkylation sites (tertiary alicyclic amines) is 1. The van der Waals surface area contributed by atoms with Gasteiger partial charge in [-0.15, -0.1) is 0 Å². The van der Waals surface area contributed by atoms with Gasteiger partial charge in [-0.3, -0.25) is 4.79 Å². The second-order valence-electron chi connectivity index (χ2n) is 5.37. The monoisotopic (exact) mass is 241 g/mol. The van der Waals surface area contributed by atoms with Crippen LogP contribution in [0.4, 0.5) is 0 Å². The van der Waals surface area contributed by atoms with Crippen molar-refractivity contribution in [1.82, 2.24) is 4.90 Å². The fourth-order valence-electron chi connectivity index (χ4n) is 2.81. The Kier molecular flexibility index (Phi) is 4.05. The van der Waals surface area contributed by atoms with Crippen molar-refractivity contribution in [2.75, 3.05) is 19.7 Å². The van der Waals surface area contributed by atoms with Crippen LogP contribution in [0.2, 0.25) is 0 Å². The fourth-order valence-corrected chi connectivity index (χ4v) is 2.81. The Balaban J connectivity index is 1.95. The van der Waals surface area contributed by atoms with Crippen LogP contribution in [0.3, 0.4) is 0 Å². The molecule has 4 unspecified atom stereocenters. The van der Waals surface area contributed by atoms with Gasteiger partial charge in [0.05, 0.1) is 6.10 Å². The number of aliphatic hydroxyl groups excluding tert-OH is 1. The molecule has 0 aromatic heterocycles. The van der Waals surface area contributed by atoms with Crippen LogP contribution in [-0.4, -0.2) is 47.8 Å². The van der Waals surface area contributed by atoms with Crippen LogP contribution in [0.15, 0.2) is 0 Å². The number of carbonyl (C=O) groups excluding carboxylic acids is 1. The Bertz CT molecular complexity index is 282. The first-order valence-electron chi connectivity index (χ1n) is 6.72. The van der Waals surface area contributed by atoms with E-state index in [0.717, 1.165) is 12.8 Å². The summed E-state index contributed by atoms with van der Waals surface area (Å²) >= 11 is 0. The molecule has 2 heterocycles. The summed E-state index contributed by atoms with van der Waals surface area (Å²) < 4.78 is 5.52. The normalized spacial score (nSPS) is 38.4. The van der Waals surface area contributed by atoms with Gasteiger partial charge in [0.1, 0.15) is 6.10 Å². The molecule has 4 atom stereocenters. The summed E-state index contributed by atoms with van der Waals surface area (Å²) in [7, 11) is 0. The maximum Gasteiger partial charge on any atom is 0.251 e. The minimum absolute atomic E-state index is 0.125. The molecule has 1 N–H and O–H groups in total. The third-order valence-electron chi connectivity index (χ3n) is 4.16. The van der Waals surface area contributed by atoms with Gasteiger partial charge in [0, 0.05) is 25.6 Å². The van der Waals surface area contributed by atoms with Crippen LogP contribution in [0, 0.1) is 11.8 Å². The molecule has 2 aliphatic rings. The molecule has 2 rings (SSSR count). The van der Waals surface area contributed by atoms with Crippen molar-refractivity contribution in [3.8, 4) is 0 Å². The number of carbonyl (C=O) groups is 1. The molecule has 0 bridgehead atoms. The quantitative estimate of drug-likeness (QED) is 0.785. The number of amides is 1. The Morgan fingerprint density at radius 1 is 1.47 bits per heavy atom. The van der Waals surface area contributed by atoms with Crippen LogP contribution >= 0.6 is 0 Å². The van der Waals surface area contributed by atoms with Crippen molar-refractivity contribution >= 4 is 5.91 Å². The SMILES string of the molecule is CCC1CN(C(=O)C2OCCC2C)CCC1O. The van der Waals surface area contributed by atoms with Crippen LogP contribution in [0.5, 0.6) is 0 Å². The molecule has 2 fully saturated rings. The average Bonchev–Trinajstić information content (AvgIpc) is 2.75. The van der Waals surface area contributed by atoms with Gasteiger partial charge in [0.15, 0.2) is 0 Å². The van der Waals surface area contributed by atoms with E-state index in [1.807, 2.05) is 4.90 Å². The molecule has 0 radical (unpaired) electrons. The first-order chi connectivity index (χ1) is 8.13. The highest BCUT2D eigenvalue weighted by Gasteiger charge is 2.37. The Morgan fingerprint density at radius 3 is 2.82 bits per heavy atom. The number of nitrogens with zero attached hydrogens (tertiary/aromatic N) is 1. The highest BCUT2D eigenvalue weighted by atomic mass is 16.5. The van der Waals surface area contributed by atoms with Gasteiger partial charge in [-0.2, -0.15) is 0 Å². The number of hydrogen-bond acceptors (Lipinski definition) is 3. The molecule has 1 amide bonds. The second-order valence-corrected chi connectivity index (χ2v) is 5.37. The largest absolute Gasteiger partial charge is 0.393 e. The van der Waals surface area contributed by atoms with Crippen LogP contribution in [0.25, 0.3) is 0 Å². The highest BCUT2D eigenvalue weighted by Crippen LogP contribution is 2.25. The van der Waals surface area contributed by atoms with Crippen LogP contribution < -0.4 is 0 Å². The Hall–Kier alpha value is -0.610. The van der Waals surface area contributed by atoms with Crippen LogP contribution in [0.1, 0.15) is 33.1 Å². The average molecular weight is 241 g/mol. The first kappa shape index (κ1) is 12.8. The van der Waals surface area contributed by atoms with E-state index in [2.05, 4.69) is 13.8 Å². The lowest BCUT2D eigenvalue weighted by molar-refractivity contribution is -0.146. The Morgan fingerprint density at radius 2 is 2.24 bits per heavy atom. The lowest BCUT2D eigenvalue weighted by Gasteiger charge is -2.37. The standard InChI is InChI=1S/C13H23NO3/c1-3-10-8-14(6-4-11(10)15)13(16)12-9(2)5-7-17-12/h9-12,15H,3-8H2,1-2H3. The summed E-state index contributed by atoms with van der Waals surface area (Å²) in [6.07, 6.45) is 2.11. The molecule has 0 aromatic rings. The minimum Gasteiger partial charge on any atom is -0.393 e. The van der Waals surface area contributed by atoms with Gasteiger partial charge >= 0.3 is 0 Å². The maximum absolute atomic E-state index is 12.3. The molecule has 98 valence electrons. The molecule has 0 aromatic carbocycles. The van der Waals surface area contributed by atoms with E-state index in [1.54, 1.807) is 0 Å². The third-order valence-corrected chi connectivity index (χ3v) is 4.16. The van der Waals surface area contributed by atoms with Crippen molar-refractivity contribution < 1.29 is 14.6 Å². The van der Waals surface area contributed by atoms with Crippen molar-refractivity contribution in [2.45, 2.75) is 45.3 Å². The number of rotatable bonds is 2. The molecule has 0 spiro atoms. The van der Waals surface area contributed by atoms with E-state index < -0.39 is 0 Å². The zero-order chi connectivity index (χ0) is 12.4. The topological polar surface area (TPSA) is 49.8 Å². The molecule has 4 heteroatoms. The lowest BCUT2D eigenvalue weighted by atomic mass is 9.91. The summed E-state index contributed by atoms with van der Waals surface area (Å²) in [5, 5.41) is 9.82. The molecule has 2 saturated heterocycles. The van der Waals surface area contributed by atoms with Crippen molar-refractivity contribution in [3.05, 3.63) is 0 Å².